The van der Waals surface area contributed by atoms with E-state index in [2.05, 4.69) is 0 Å². The minimum Gasteiger partial charge on any atom is -0.493 e. The third kappa shape index (κ3) is 3.20. The predicted molar refractivity (Wildman–Crippen MR) is 97.3 cm³/mol. The van der Waals surface area contributed by atoms with E-state index < -0.39 is 10.8 Å². The molecule has 2 aromatic carbocycles. The Balaban J connectivity index is 2.09. The smallest absolute Gasteiger partial charge is 0.286 e. The van der Waals surface area contributed by atoms with Gasteiger partial charge in [-0.2, -0.15) is 0 Å². The average Bonchev–Trinajstić information content (AvgIpc) is 2.66. The van der Waals surface area contributed by atoms with Crippen LogP contribution < -0.4 is 14.4 Å². The summed E-state index contributed by atoms with van der Waals surface area (Å²) >= 11 is 0. The first-order valence-corrected chi connectivity index (χ1v) is 8.45. The number of methoxy groups -OCH3 is 1. The van der Waals surface area contributed by atoms with Crippen LogP contribution in [0.2, 0.25) is 0 Å². The molecular weight excluding hydrogens is 336 g/mol. The van der Waals surface area contributed by atoms with Crippen LogP contribution in [0.1, 0.15) is 29.3 Å². The molecule has 0 bridgehead atoms. The minimum absolute atomic E-state index is 0.00375. The van der Waals surface area contributed by atoms with E-state index in [0.29, 0.717) is 18.9 Å². The SMILES string of the molecule is CCOc1cc(C(=O)N2CCCc3ccccc32)c([N+](=O)[O-])cc1OC. The Morgan fingerprint density at radius 2 is 2.04 bits per heavy atom. The number of rotatable bonds is 5. The highest BCUT2D eigenvalue weighted by Crippen LogP contribution is 2.37. The summed E-state index contributed by atoms with van der Waals surface area (Å²) in [5.41, 5.74) is 1.56. The molecule has 26 heavy (non-hydrogen) atoms. The number of anilines is 1. The molecule has 136 valence electrons. The number of ether oxygens (including phenoxy) is 2. The molecule has 2 aromatic rings. The van der Waals surface area contributed by atoms with E-state index in [4.69, 9.17) is 9.47 Å². The van der Waals surface area contributed by atoms with Gasteiger partial charge < -0.3 is 14.4 Å². The number of benzene rings is 2. The zero-order chi connectivity index (χ0) is 18.7. The van der Waals surface area contributed by atoms with Crippen molar-refractivity contribution in [3.8, 4) is 11.5 Å². The second-order valence-electron chi connectivity index (χ2n) is 5.90. The van der Waals surface area contributed by atoms with Crippen LogP contribution in [0.4, 0.5) is 11.4 Å². The lowest BCUT2D eigenvalue weighted by Gasteiger charge is -2.29. The summed E-state index contributed by atoms with van der Waals surface area (Å²) in [7, 11) is 1.41. The summed E-state index contributed by atoms with van der Waals surface area (Å²) < 4.78 is 10.7. The van der Waals surface area contributed by atoms with Crippen LogP contribution in [-0.4, -0.2) is 31.1 Å². The Morgan fingerprint density at radius 1 is 1.27 bits per heavy atom. The molecule has 7 nitrogen and oxygen atoms in total. The quantitative estimate of drug-likeness (QED) is 0.604. The molecule has 0 aromatic heterocycles. The molecule has 0 aliphatic carbocycles. The third-order valence-electron chi connectivity index (χ3n) is 4.36. The predicted octanol–water partition coefficient (Wildman–Crippen LogP) is 3.60. The van der Waals surface area contributed by atoms with Gasteiger partial charge in [0.15, 0.2) is 11.5 Å². The van der Waals surface area contributed by atoms with Gasteiger partial charge in [0.1, 0.15) is 5.56 Å². The number of nitro benzene ring substituents is 1. The topological polar surface area (TPSA) is 81.9 Å². The molecule has 0 fully saturated rings. The molecule has 1 heterocycles. The van der Waals surface area contributed by atoms with Crippen LogP contribution >= 0.6 is 0 Å². The normalized spacial score (nSPS) is 13.1. The molecule has 0 unspecified atom stereocenters. The fourth-order valence-corrected chi connectivity index (χ4v) is 3.19. The molecule has 0 spiro atoms. The number of hydrogen-bond acceptors (Lipinski definition) is 5. The maximum atomic E-state index is 13.2. The minimum atomic E-state index is -0.568. The van der Waals surface area contributed by atoms with E-state index in [-0.39, 0.29) is 17.0 Å². The summed E-state index contributed by atoms with van der Waals surface area (Å²) in [6.45, 7) is 2.67. The average molecular weight is 356 g/mol. The number of para-hydroxylation sites is 1. The molecule has 0 radical (unpaired) electrons. The molecule has 0 saturated carbocycles. The van der Waals surface area contributed by atoms with Gasteiger partial charge in [0.05, 0.1) is 24.7 Å². The summed E-state index contributed by atoms with van der Waals surface area (Å²) in [4.78, 5) is 25.7. The van der Waals surface area contributed by atoms with Crippen molar-refractivity contribution >= 4 is 17.3 Å². The Hall–Kier alpha value is -3.09. The fourth-order valence-electron chi connectivity index (χ4n) is 3.19. The van der Waals surface area contributed by atoms with Crippen molar-refractivity contribution in [1.82, 2.24) is 0 Å². The van der Waals surface area contributed by atoms with Gasteiger partial charge in [-0.1, -0.05) is 18.2 Å². The third-order valence-corrected chi connectivity index (χ3v) is 4.36. The van der Waals surface area contributed by atoms with E-state index in [0.717, 1.165) is 24.1 Å². The highest BCUT2D eigenvalue weighted by Gasteiger charge is 2.30. The number of fused-ring (bicyclic) bond motifs is 1. The lowest BCUT2D eigenvalue weighted by molar-refractivity contribution is -0.385. The summed E-state index contributed by atoms with van der Waals surface area (Å²) in [6, 6.07) is 10.3. The molecule has 7 heteroatoms. The number of carbonyl (C=O) groups is 1. The van der Waals surface area contributed by atoms with Crippen LogP contribution in [0.3, 0.4) is 0 Å². The largest absolute Gasteiger partial charge is 0.493 e. The van der Waals surface area contributed by atoms with Crippen molar-refractivity contribution < 1.29 is 19.2 Å². The van der Waals surface area contributed by atoms with E-state index in [9.17, 15) is 14.9 Å². The molecule has 0 saturated heterocycles. The van der Waals surface area contributed by atoms with Gasteiger partial charge >= 0.3 is 0 Å². The van der Waals surface area contributed by atoms with Crippen LogP contribution in [0, 0.1) is 10.1 Å². The van der Waals surface area contributed by atoms with Crippen molar-refractivity contribution in [2.24, 2.45) is 0 Å². The van der Waals surface area contributed by atoms with E-state index >= 15 is 0 Å². The fraction of sp³-hybridized carbons (Fsp3) is 0.316. The Labute approximate surface area is 151 Å². The zero-order valence-electron chi connectivity index (χ0n) is 14.7. The molecular formula is C19H20N2O5. The first-order chi connectivity index (χ1) is 12.6. The maximum absolute atomic E-state index is 13.2. The van der Waals surface area contributed by atoms with Crippen molar-refractivity contribution in [3.63, 3.8) is 0 Å². The lowest BCUT2D eigenvalue weighted by Crippen LogP contribution is -2.35. The van der Waals surface area contributed by atoms with Gasteiger partial charge in [-0.05, 0) is 31.4 Å². The lowest BCUT2D eigenvalue weighted by atomic mass is 10.0. The second kappa shape index (κ2) is 7.43. The van der Waals surface area contributed by atoms with Gasteiger partial charge in [-0.3, -0.25) is 14.9 Å². The van der Waals surface area contributed by atoms with Crippen molar-refractivity contribution in [2.75, 3.05) is 25.2 Å². The molecule has 0 N–H and O–H groups in total. The van der Waals surface area contributed by atoms with Crippen molar-refractivity contribution in [3.05, 3.63) is 57.6 Å². The maximum Gasteiger partial charge on any atom is 0.286 e. The van der Waals surface area contributed by atoms with Gasteiger partial charge in [-0.15, -0.1) is 0 Å². The van der Waals surface area contributed by atoms with Crippen molar-refractivity contribution in [1.29, 1.82) is 0 Å². The molecule has 1 aliphatic heterocycles. The standard InChI is InChI=1S/C19H20N2O5/c1-3-26-18-11-14(16(21(23)24)12-17(18)25-2)19(22)20-10-6-8-13-7-4-5-9-15(13)20/h4-5,7,9,11-12H,3,6,8,10H2,1-2H3. The number of carbonyl (C=O) groups excluding carboxylic acids is 1. The van der Waals surface area contributed by atoms with Gasteiger partial charge in [0.2, 0.25) is 0 Å². The van der Waals surface area contributed by atoms with E-state index in [1.54, 1.807) is 11.8 Å². The summed E-state index contributed by atoms with van der Waals surface area (Å²) in [5, 5.41) is 11.5. The molecule has 1 aliphatic rings. The highest BCUT2D eigenvalue weighted by atomic mass is 16.6. The summed E-state index contributed by atoms with van der Waals surface area (Å²) in [5.74, 6) is 0.135. The number of nitro groups is 1. The summed E-state index contributed by atoms with van der Waals surface area (Å²) in [6.07, 6.45) is 1.69. The van der Waals surface area contributed by atoms with Crippen molar-refractivity contribution in [2.45, 2.75) is 19.8 Å². The van der Waals surface area contributed by atoms with Crippen LogP contribution in [0.15, 0.2) is 36.4 Å². The zero-order valence-corrected chi connectivity index (χ0v) is 14.7. The number of hydrogen-bond donors (Lipinski definition) is 0. The molecule has 1 amide bonds. The first kappa shape index (κ1) is 17.7. The van der Waals surface area contributed by atoms with Gasteiger partial charge in [0.25, 0.3) is 11.6 Å². The number of amides is 1. The van der Waals surface area contributed by atoms with E-state index in [1.807, 2.05) is 24.3 Å². The first-order valence-electron chi connectivity index (χ1n) is 8.45. The Morgan fingerprint density at radius 3 is 2.73 bits per heavy atom. The molecule has 0 atom stereocenters. The van der Waals surface area contributed by atoms with Gasteiger partial charge in [0, 0.05) is 18.3 Å². The van der Waals surface area contributed by atoms with E-state index in [1.165, 1.54) is 19.2 Å². The number of nitrogens with zero attached hydrogens (tertiary/aromatic N) is 2. The second-order valence-corrected chi connectivity index (χ2v) is 5.90. The van der Waals surface area contributed by atoms with Crippen LogP contribution in [-0.2, 0) is 6.42 Å². The van der Waals surface area contributed by atoms with Gasteiger partial charge in [-0.25, -0.2) is 0 Å². The number of aryl methyl sites for hydroxylation is 1. The highest BCUT2D eigenvalue weighted by molar-refractivity contribution is 6.09. The van der Waals surface area contributed by atoms with Crippen LogP contribution in [0.25, 0.3) is 0 Å². The van der Waals surface area contributed by atoms with Crippen LogP contribution in [0.5, 0.6) is 11.5 Å². The monoisotopic (exact) mass is 356 g/mol. The Bertz CT molecular complexity index is 850. The Kier molecular flexibility index (Phi) is 5.06. The molecule has 3 rings (SSSR count).